The molecular weight excluding hydrogens is 510 g/mol. The number of amides is 2. The van der Waals surface area contributed by atoms with Crippen LogP contribution in [-0.2, 0) is 9.59 Å². The van der Waals surface area contributed by atoms with E-state index in [-0.39, 0.29) is 29.4 Å². The molecular formula is C31H41N3O6. The quantitative estimate of drug-likeness (QED) is 0.377. The summed E-state index contributed by atoms with van der Waals surface area (Å²) in [7, 11) is 0. The minimum absolute atomic E-state index is 0.0000926. The first-order valence-corrected chi connectivity index (χ1v) is 14.6. The Morgan fingerprint density at radius 3 is 1.95 bits per heavy atom. The van der Waals surface area contributed by atoms with Crippen molar-refractivity contribution in [2.75, 3.05) is 39.4 Å². The third kappa shape index (κ3) is 7.06. The van der Waals surface area contributed by atoms with Crippen LogP contribution in [0.25, 0.3) is 0 Å². The van der Waals surface area contributed by atoms with Crippen molar-refractivity contribution in [2.45, 2.75) is 63.6 Å². The van der Waals surface area contributed by atoms with Crippen LogP contribution in [-0.4, -0.2) is 68.3 Å². The number of nitrogens with zero attached hydrogens (tertiary/aromatic N) is 1. The topological polar surface area (TPSA) is 112 Å². The molecule has 216 valence electrons. The molecule has 0 radical (unpaired) electrons. The number of nitrogens with one attached hydrogen (secondary N) is 1. The van der Waals surface area contributed by atoms with Gasteiger partial charge in [0, 0.05) is 32.5 Å². The zero-order chi connectivity index (χ0) is 27.8. The van der Waals surface area contributed by atoms with E-state index in [1.54, 1.807) is 0 Å². The predicted molar refractivity (Wildman–Crippen MR) is 151 cm³/mol. The number of carbonyl (C=O) groups is 2. The van der Waals surface area contributed by atoms with E-state index in [4.69, 9.17) is 24.7 Å². The van der Waals surface area contributed by atoms with Crippen LogP contribution in [0, 0.1) is 5.41 Å². The van der Waals surface area contributed by atoms with Gasteiger partial charge in [-0.05, 0) is 61.9 Å². The monoisotopic (exact) mass is 551 g/mol. The Balaban J connectivity index is 0.000000223. The zero-order valence-electron chi connectivity index (χ0n) is 23.1. The number of hydrogen-bond donors (Lipinski definition) is 2. The molecule has 2 aromatic carbocycles. The highest BCUT2D eigenvalue weighted by Gasteiger charge is 2.44. The van der Waals surface area contributed by atoms with Crippen LogP contribution in [0.1, 0.15) is 51.4 Å². The fourth-order valence-corrected chi connectivity index (χ4v) is 5.89. The molecule has 2 fully saturated rings. The Bertz CT molecular complexity index is 1130. The van der Waals surface area contributed by atoms with Gasteiger partial charge >= 0.3 is 0 Å². The Morgan fingerprint density at radius 2 is 1.35 bits per heavy atom. The fraction of sp³-hybridized carbons (Fsp3) is 0.548. The Morgan fingerprint density at radius 1 is 0.800 bits per heavy atom. The first-order valence-electron chi connectivity index (χ1n) is 14.6. The first-order chi connectivity index (χ1) is 19.5. The van der Waals surface area contributed by atoms with Crippen molar-refractivity contribution in [1.29, 1.82) is 0 Å². The third-order valence-electron chi connectivity index (χ3n) is 8.07. The van der Waals surface area contributed by atoms with E-state index in [2.05, 4.69) is 5.32 Å². The average Bonchev–Trinajstić information content (AvgIpc) is 3.42. The predicted octanol–water partition coefficient (Wildman–Crippen LogP) is 3.69. The minimum Gasteiger partial charge on any atom is -0.486 e. The molecule has 0 aromatic heterocycles. The fourth-order valence-electron chi connectivity index (χ4n) is 5.89. The van der Waals surface area contributed by atoms with E-state index in [1.807, 2.05) is 48.5 Å². The second kappa shape index (κ2) is 13.4. The summed E-state index contributed by atoms with van der Waals surface area (Å²) in [6.45, 7) is 3.69. The lowest BCUT2D eigenvalue weighted by atomic mass is 9.76. The molecule has 0 bridgehead atoms. The molecule has 2 atom stereocenters. The van der Waals surface area contributed by atoms with Crippen molar-refractivity contribution in [2.24, 2.45) is 11.1 Å². The number of para-hydroxylation sites is 4. The van der Waals surface area contributed by atoms with Crippen molar-refractivity contribution in [3.8, 4) is 23.0 Å². The Labute approximate surface area is 236 Å². The van der Waals surface area contributed by atoms with Crippen LogP contribution < -0.4 is 30.0 Å². The molecule has 1 aliphatic carbocycles. The summed E-state index contributed by atoms with van der Waals surface area (Å²) in [6, 6.07) is 15.3. The maximum atomic E-state index is 12.5. The van der Waals surface area contributed by atoms with Gasteiger partial charge in [-0.1, -0.05) is 37.1 Å². The molecule has 3 N–H and O–H groups in total. The molecule has 9 heteroatoms. The summed E-state index contributed by atoms with van der Waals surface area (Å²) in [5.41, 5.74) is 5.45. The van der Waals surface area contributed by atoms with Crippen LogP contribution >= 0.6 is 0 Å². The zero-order valence-corrected chi connectivity index (χ0v) is 23.1. The number of fused-ring (bicyclic) bond motifs is 2. The van der Waals surface area contributed by atoms with Crippen molar-refractivity contribution in [1.82, 2.24) is 10.2 Å². The first kappa shape index (κ1) is 28.2. The second-order valence-electron chi connectivity index (χ2n) is 11.1. The highest BCUT2D eigenvalue weighted by atomic mass is 16.6. The smallest absolute Gasteiger partial charge is 0.229 e. The van der Waals surface area contributed by atoms with E-state index in [0.29, 0.717) is 39.1 Å². The number of imide groups is 1. The van der Waals surface area contributed by atoms with Gasteiger partial charge in [-0.2, -0.15) is 0 Å². The number of benzene rings is 2. The van der Waals surface area contributed by atoms with E-state index in [1.165, 1.54) is 4.90 Å². The lowest BCUT2D eigenvalue weighted by Gasteiger charge is -2.37. The Hall–Kier alpha value is -3.30. The molecule has 9 nitrogen and oxygen atoms in total. The van der Waals surface area contributed by atoms with Gasteiger partial charge in [0.2, 0.25) is 11.8 Å². The van der Waals surface area contributed by atoms with Crippen molar-refractivity contribution >= 4 is 11.8 Å². The van der Waals surface area contributed by atoms with E-state index in [0.717, 1.165) is 74.6 Å². The van der Waals surface area contributed by atoms with Gasteiger partial charge in [0.15, 0.2) is 23.0 Å². The number of unbranched alkanes of at least 4 members (excludes halogenated alkanes) is 1. The number of nitrogens with two attached hydrogens (primary N) is 1. The molecule has 2 amide bonds. The molecule has 4 aliphatic rings. The normalized spacial score (nSPS) is 22.6. The summed E-state index contributed by atoms with van der Waals surface area (Å²) in [5, 5.41) is 3.39. The average molecular weight is 552 g/mol. The molecule has 2 aromatic rings. The number of rotatable bonds is 8. The molecule has 1 spiro atoms. The number of piperidine rings is 1. The van der Waals surface area contributed by atoms with Gasteiger partial charge in [0.25, 0.3) is 0 Å². The van der Waals surface area contributed by atoms with Crippen LogP contribution in [0.5, 0.6) is 23.0 Å². The van der Waals surface area contributed by atoms with Gasteiger partial charge in [0.1, 0.15) is 25.4 Å². The van der Waals surface area contributed by atoms with Gasteiger partial charge < -0.3 is 30.0 Å². The molecule has 3 heterocycles. The lowest BCUT2D eigenvalue weighted by molar-refractivity contribution is -0.153. The van der Waals surface area contributed by atoms with E-state index < -0.39 is 0 Å². The maximum absolute atomic E-state index is 12.5. The van der Waals surface area contributed by atoms with Gasteiger partial charge in [-0.3, -0.25) is 14.5 Å². The summed E-state index contributed by atoms with van der Waals surface area (Å²) in [6.07, 6.45) is 7.30. The largest absolute Gasteiger partial charge is 0.486 e. The molecule has 1 saturated heterocycles. The standard InChI is InChI=1S/C22H30N2O4.C9H11NO2/c25-20-13-22(9-3-4-10-22)14-21(26)24(20)12-6-5-11-23-15-17-16-27-18-7-1-2-8-19(18)28-17;10-5-7-6-11-8-3-1-2-4-9(8)12-7/h1-2,7-8,17,23H,3-6,9-16H2;1-4,7H,5-6,10H2. The molecule has 40 heavy (non-hydrogen) atoms. The molecule has 3 aliphatic heterocycles. The van der Waals surface area contributed by atoms with Crippen molar-refractivity contribution < 1.29 is 28.5 Å². The summed E-state index contributed by atoms with van der Waals surface area (Å²) < 4.78 is 22.6. The van der Waals surface area contributed by atoms with Crippen LogP contribution in [0.3, 0.4) is 0 Å². The summed E-state index contributed by atoms with van der Waals surface area (Å²) in [5.74, 6) is 3.27. The maximum Gasteiger partial charge on any atom is 0.229 e. The summed E-state index contributed by atoms with van der Waals surface area (Å²) >= 11 is 0. The third-order valence-corrected chi connectivity index (χ3v) is 8.07. The highest BCUT2D eigenvalue weighted by molar-refractivity contribution is 5.98. The van der Waals surface area contributed by atoms with Crippen LogP contribution in [0.15, 0.2) is 48.5 Å². The summed E-state index contributed by atoms with van der Waals surface area (Å²) in [4.78, 5) is 26.4. The van der Waals surface area contributed by atoms with Gasteiger partial charge in [-0.15, -0.1) is 0 Å². The molecule has 1 saturated carbocycles. The number of carbonyl (C=O) groups excluding carboxylic acids is 2. The van der Waals surface area contributed by atoms with Crippen LogP contribution in [0.2, 0.25) is 0 Å². The lowest BCUT2D eigenvalue weighted by Crippen LogP contribution is -2.47. The number of ether oxygens (including phenoxy) is 4. The van der Waals surface area contributed by atoms with Crippen molar-refractivity contribution in [3.05, 3.63) is 48.5 Å². The molecule has 2 unspecified atom stereocenters. The van der Waals surface area contributed by atoms with Gasteiger partial charge in [-0.25, -0.2) is 0 Å². The number of hydrogen-bond acceptors (Lipinski definition) is 8. The van der Waals surface area contributed by atoms with Crippen molar-refractivity contribution in [3.63, 3.8) is 0 Å². The Kier molecular flexibility index (Phi) is 9.44. The number of likely N-dealkylation sites (tertiary alicyclic amines) is 1. The van der Waals surface area contributed by atoms with E-state index in [9.17, 15) is 9.59 Å². The van der Waals surface area contributed by atoms with Gasteiger partial charge in [0.05, 0.1) is 0 Å². The van der Waals surface area contributed by atoms with E-state index >= 15 is 0 Å². The van der Waals surface area contributed by atoms with Crippen LogP contribution in [0.4, 0.5) is 0 Å². The molecule has 6 rings (SSSR count). The minimum atomic E-state index is -0.00704. The SMILES string of the molecule is NCC1COc2ccccc2O1.O=C1CC2(CCCC2)CC(=O)N1CCCCNCC1COc2ccccc2O1. The highest BCUT2D eigenvalue weighted by Crippen LogP contribution is 2.46. The second-order valence-corrected chi connectivity index (χ2v) is 11.1.